The Bertz CT molecular complexity index is 431. The highest BCUT2D eigenvalue weighted by atomic mass is 31.2. The van der Waals surface area contributed by atoms with Gasteiger partial charge in [-0.2, -0.15) is 0 Å². The third kappa shape index (κ3) is 3.26. The average molecular weight is 234 g/mol. The van der Waals surface area contributed by atoms with Gasteiger partial charge in [0.25, 0.3) is 0 Å². The topological polar surface area (TPSA) is 35.5 Å². The molecule has 0 N–H and O–H groups in total. The molecule has 1 rings (SSSR count). The SMILES string of the molecule is C#CCOP(=O)(OCC#C)c1ccccc1. The zero-order valence-electron chi connectivity index (χ0n) is 8.63. The maximum Gasteiger partial charge on any atom is 0.363 e. The fourth-order valence-electron chi connectivity index (χ4n) is 1.04. The smallest absolute Gasteiger partial charge is 0.292 e. The second-order valence-corrected chi connectivity index (χ2v) is 4.82. The minimum Gasteiger partial charge on any atom is -0.292 e. The summed E-state index contributed by atoms with van der Waals surface area (Å²) < 4.78 is 22.4. The van der Waals surface area contributed by atoms with E-state index >= 15 is 0 Å². The van der Waals surface area contributed by atoms with Gasteiger partial charge in [-0.15, -0.1) is 12.8 Å². The molecule has 0 spiro atoms. The van der Waals surface area contributed by atoms with E-state index in [9.17, 15) is 4.57 Å². The molecule has 0 amide bonds. The van der Waals surface area contributed by atoms with Gasteiger partial charge in [0.05, 0.1) is 5.30 Å². The number of hydrogen-bond acceptors (Lipinski definition) is 3. The first-order valence-electron chi connectivity index (χ1n) is 4.54. The van der Waals surface area contributed by atoms with Crippen LogP contribution < -0.4 is 5.30 Å². The summed E-state index contributed by atoms with van der Waals surface area (Å²) in [6, 6.07) is 8.57. The van der Waals surface area contributed by atoms with Crippen LogP contribution in [-0.2, 0) is 13.6 Å². The van der Waals surface area contributed by atoms with Crippen LogP contribution in [0.5, 0.6) is 0 Å². The van der Waals surface area contributed by atoms with Crippen molar-refractivity contribution in [2.45, 2.75) is 0 Å². The first-order valence-corrected chi connectivity index (χ1v) is 6.09. The molecule has 0 saturated heterocycles. The van der Waals surface area contributed by atoms with E-state index in [4.69, 9.17) is 21.9 Å². The lowest BCUT2D eigenvalue weighted by molar-refractivity contribution is 0.253. The van der Waals surface area contributed by atoms with Crippen LogP contribution in [0, 0.1) is 24.7 Å². The minimum atomic E-state index is -3.39. The van der Waals surface area contributed by atoms with Gasteiger partial charge in [0.2, 0.25) is 0 Å². The first-order chi connectivity index (χ1) is 7.73. The third-order valence-electron chi connectivity index (χ3n) is 1.71. The second kappa shape index (κ2) is 6.16. The van der Waals surface area contributed by atoms with Crippen LogP contribution in [0.1, 0.15) is 0 Å². The van der Waals surface area contributed by atoms with Crippen LogP contribution in [0.25, 0.3) is 0 Å². The highest BCUT2D eigenvalue weighted by molar-refractivity contribution is 7.62. The van der Waals surface area contributed by atoms with Crippen LogP contribution in [-0.4, -0.2) is 13.2 Å². The van der Waals surface area contributed by atoms with E-state index in [1.807, 2.05) is 0 Å². The molecule has 0 bridgehead atoms. The zero-order valence-corrected chi connectivity index (χ0v) is 9.52. The van der Waals surface area contributed by atoms with Crippen LogP contribution in [0.2, 0.25) is 0 Å². The molecular weight excluding hydrogens is 223 g/mol. The molecule has 1 aromatic rings. The lowest BCUT2D eigenvalue weighted by Gasteiger charge is -2.15. The van der Waals surface area contributed by atoms with Gasteiger partial charge < -0.3 is 0 Å². The molecule has 1 aromatic carbocycles. The van der Waals surface area contributed by atoms with E-state index in [1.165, 1.54) is 0 Å². The predicted molar refractivity (Wildman–Crippen MR) is 63.3 cm³/mol. The molecule has 0 aliphatic rings. The summed E-state index contributed by atoms with van der Waals surface area (Å²) in [6.45, 7) is -0.173. The normalized spacial score (nSPS) is 10.4. The number of benzene rings is 1. The molecule has 4 heteroatoms. The lowest BCUT2D eigenvalue weighted by atomic mass is 10.4. The molecule has 82 valence electrons. The Kier molecular flexibility index (Phi) is 4.83. The summed E-state index contributed by atoms with van der Waals surface area (Å²) in [7, 11) is -3.39. The summed E-state index contributed by atoms with van der Waals surface area (Å²) >= 11 is 0. The van der Waals surface area contributed by atoms with Crippen LogP contribution in [0.15, 0.2) is 30.3 Å². The molecule has 0 saturated carbocycles. The van der Waals surface area contributed by atoms with Crippen molar-refractivity contribution in [2.24, 2.45) is 0 Å². The van der Waals surface area contributed by atoms with Crippen molar-refractivity contribution >= 4 is 12.9 Å². The van der Waals surface area contributed by atoms with Gasteiger partial charge in [0.1, 0.15) is 13.2 Å². The molecule has 0 atom stereocenters. The van der Waals surface area contributed by atoms with Crippen LogP contribution >= 0.6 is 7.60 Å². The molecule has 0 heterocycles. The minimum absolute atomic E-state index is 0.0866. The molecule has 0 fully saturated rings. The Balaban J connectivity index is 2.92. The first kappa shape index (κ1) is 12.6. The number of rotatable bonds is 5. The maximum absolute atomic E-state index is 12.3. The number of hydrogen-bond donors (Lipinski definition) is 0. The van der Waals surface area contributed by atoms with Crippen molar-refractivity contribution < 1.29 is 13.6 Å². The Morgan fingerprint density at radius 1 is 1.06 bits per heavy atom. The summed E-state index contributed by atoms with van der Waals surface area (Å²) in [4.78, 5) is 0. The van der Waals surface area contributed by atoms with Crippen molar-refractivity contribution in [3.8, 4) is 24.7 Å². The average Bonchev–Trinajstić information content (AvgIpc) is 2.35. The fourth-order valence-corrected chi connectivity index (χ4v) is 2.44. The maximum atomic E-state index is 12.3. The largest absolute Gasteiger partial charge is 0.363 e. The summed E-state index contributed by atoms with van der Waals surface area (Å²) in [5, 5.41) is 0.445. The quantitative estimate of drug-likeness (QED) is 0.575. The van der Waals surface area contributed by atoms with Gasteiger partial charge in [-0.25, -0.2) is 0 Å². The highest BCUT2D eigenvalue weighted by Crippen LogP contribution is 2.46. The van der Waals surface area contributed by atoms with Gasteiger partial charge >= 0.3 is 7.60 Å². The summed E-state index contributed by atoms with van der Waals surface area (Å²) in [5.74, 6) is 4.49. The van der Waals surface area contributed by atoms with E-state index in [0.29, 0.717) is 5.30 Å². The molecule has 16 heavy (non-hydrogen) atoms. The third-order valence-corrected chi connectivity index (χ3v) is 3.58. The molecule has 3 nitrogen and oxygen atoms in total. The van der Waals surface area contributed by atoms with Gasteiger partial charge in [-0.3, -0.25) is 13.6 Å². The molecule has 0 radical (unpaired) electrons. The summed E-state index contributed by atoms with van der Waals surface area (Å²) in [6.07, 6.45) is 10.1. The van der Waals surface area contributed by atoms with E-state index < -0.39 is 7.60 Å². The highest BCUT2D eigenvalue weighted by Gasteiger charge is 2.26. The van der Waals surface area contributed by atoms with E-state index in [0.717, 1.165) is 0 Å². The van der Waals surface area contributed by atoms with Crippen molar-refractivity contribution in [3.05, 3.63) is 30.3 Å². The molecule has 0 unspecified atom stereocenters. The molecule has 0 aliphatic heterocycles. The van der Waals surface area contributed by atoms with Crippen LogP contribution in [0.4, 0.5) is 0 Å². The van der Waals surface area contributed by atoms with Crippen molar-refractivity contribution in [3.63, 3.8) is 0 Å². The molecular formula is C12H11O3P. The predicted octanol–water partition coefficient (Wildman–Crippen LogP) is 1.80. The van der Waals surface area contributed by atoms with Gasteiger partial charge in [0.15, 0.2) is 0 Å². The Morgan fingerprint density at radius 2 is 1.56 bits per heavy atom. The Morgan fingerprint density at radius 3 is 2.00 bits per heavy atom. The van der Waals surface area contributed by atoms with Crippen LogP contribution in [0.3, 0.4) is 0 Å². The van der Waals surface area contributed by atoms with Gasteiger partial charge in [0, 0.05) is 0 Å². The fraction of sp³-hybridized carbons (Fsp3) is 0.167. The van der Waals surface area contributed by atoms with E-state index in [-0.39, 0.29) is 13.2 Å². The Labute approximate surface area is 95.3 Å². The van der Waals surface area contributed by atoms with Crippen molar-refractivity contribution in [2.75, 3.05) is 13.2 Å². The summed E-state index contributed by atoms with van der Waals surface area (Å²) in [5.41, 5.74) is 0. The van der Waals surface area contributed by atoms with Gasteiger partial charge in [-0.1, -0.05) is 30.0 Å². The second-order valence-electron chi connectivity index (χ2n) is 2.79. The van der Waals surface area contributed by atoms with Crippen molar-refractivity contribution in [1.82, 2.24) is 0 Å². The molecule has 0 aliphatic carbocycles. The van der Waals surface area contributed by atoms with E-state index in [2.05, 4.69) is 11.8 Å². The standard InChI is InChI=1S/C12H11O3P/c1-3-10-14-16(13,15-11-4-2)12-8-6-5-7-9-12/h1-2,5-9H,10-11H2. The lowest BCUT2D eigenvalue weighted by Crippen LogP contribution is -2.10. The molecule has 0 aromatic heterocycles. The monoisotopic (exact) mass is 234 g/mol. The Hall–Kier alpha value is -1.51. The zero-order chi connectivity index (χ0) is 11.9. The van der Waals surface area contributed by atoms with E-state index in [1.54, 1.807) is 30.3 Å². The van der Waals surface area contributed by atoms with Gasteiger partial charge in [-0.05, 0) is 12.1 Å². The van der Waals surface area contributed by atoms with Crippen molar-refractivity contribution in [1.29, 1.82) is 0 Å². The number of terminal acetylenes is 2.